The summed E-state index contributed by atoms with van der Waals surface area (Å²) in [7, 11) is 0.470. The predicted molar refractivity (Wildman–Crippen MR) is 89.3 cm³/mol. The van der Waals surface area contributed by atoms with Crippen molar-refractivity contribution in [3.05, 3.63) is 53.3 Å². The van der Waals surface area contributed by atoms with Crippen molar-refractivity contribution in [1.29, 1.82) is 0 Å². The molecular formula is C17H20FNO4S. The van der Waals surface area contributed by atoms with Crippen molar-refractivity contribution in [2.75, 3.05) is 21.3 Å². The van der Waals surface area contributed by atoms with Gasteiger partial charge in [-0.2, -0.15) is 4.31 Å². The molecular weight excluding hydrogens is 333 g/mol. The average Bonchev–Trinajstić information content (AvgIpc) is 2.57. The van der Waals surface area contributed by atoms with Gasteiger partial charge in [0.2, 0.25) is 10.0 Å². The van der Waals surface area contributed by atoms with Crippen molar-refractivity contribution >= 4 is 10.0 Å². The molecule has 2 aromatic carbocycles. The first-order valence-electron chi connectivity index (χ1n) is 7.23. The summed E-state index contributed by atoms with van der Waals surface area (Å²) in [6.45, 7) is 1.76. The second-order valence-corrected chi connectivity index (χ2v) is 7.39. The standard InChI is InChI=1S/C17H20FNO4S/c1-12-5-8-15(18)17(9-12)24(20,21)19(2)11-13-6-7-14(22-3)10-16(13)23-4/h5-10H,11H2,1-4H3. The minimum atomic E-state index is -3.96. The second-order valence-electron chi connectivity index (χ2n) is 5.37. The third kappa shape index (κ3) is 3.68. The van der Waals surface area contributed by atoms with E-state index in [4.69, 9.17) is 9.47 Å². The molecule has 5 nitrogen and oxygen atoms in total. The molecule has 2 aromatic rings. The highest BCUT2D eigenvalue weighted by molar-refractivity contribution is 7.89. The quantitative estimate of drug-likeness (QED) is 0.801. The van der Waals surface area contributed by atoms with Crippen LogP contribution in [0.25, 0.3) is 0 Å². The maximum atomic E-state index is 14.0. The molecule has 0 atom stereocenters. The van der Waals surface area contributed by atoms with Gasteiger partial charge in [0.1, 0.15) is 22.2 Å². The number of halogens is 1. The molecule has 0 fully saturated rings. The maximum absolute atomic E-state index is 14.0. The van der Waals surface area contributed by atoms with E-state index in [9.17, 15) is 12.8 Å². The minimum absolute atomic E-state index is 0.0445. The van der Waals surface area contributed by atoms with Crippen molar-refractivity contribution in [2.24, 2.45) is 0 Å². The van der Waals surface area contributed by atoms with Crippen molar-refractivity contribution in [3.8, 4) is 11.5 Å². The number of aryl methyl sites for hydroxylation is 1. The Bertz CT molecular complexity index is 836. The molecule has 2 rings (SSSR count). The zero-order valence-electron chi connectivity index (χ0n) is 14.0. The lowest BCUT2D eigenvalue weighted by atomic mass is 10.2. The number of benzene rings is 2. The molecule has 0 aliphatic rings. The van der Waals surface area contributed by atoms with E-state index in [0.29, 0.717) is 22.6 Å². The maximum Gasteiger partial charge on any atom is 0.246 e. The summed E-state index contributed by atoms with van der Waals surface area (Å²) in [4.78, 5) is -0.336. The van der Waals surface area contributed by atoms with E-state index in [1.54, 1.807) is 25.1 Å². The Labute approximate surface area is 141 Å². The van der Waals surface area contributed by atoms with Crippen LogP contribution in [0, 0.1) is 12.7 Å². The van der Waals surface area contributed by atoms with Crippen LogP contribution in [-0.2, 0) is 16.6 Å². The van der Waals surface area contributed by atoms with Gasteiger partial charge in [-0.3, -0.25) is 0 Å². The fourth-order valence-electron chi connectivity index (χ4n) is 2.28. The summed E-state index contributed by atoms with van der Waals surface area (Å²) in [5.41, 5.74) is 1.32. The summed E-state index contributed by atoms with van der Waals surface area (Å²) in [5.74, 6) is 0.334. The van der Waals surface area contributed by atoms with Crippen molar-refractivity contribution in [2.45, 2.75) is 18.4 Å². The highest BCUT2D eigenvalue weighted by Gasteiger charge is 2.25. The summed E-state index contributed by atoms with van der Waals surface area (Å²) >= 11 is 0. The normalized spacial score (nSPS) is 11.6. The summed E-state index contributed by atoms with van der Waals surface area (Å²) in [5, 5.41) is 0. The molecule has 0 aliphatic carbocycles. The zero-order chi connectivity index (χ0) is 17.9. The molecule has 0 saturated carbocycles. The van der Waals surface area contributed by atoms with Crippen LogP contribution in [0.2, 0.25) is 0 Å². The Morgan fingerprint density at radius 1 is 1.08 bits per heavy atom. The van der Waals surface area contributed by atoms with Gasteiger partial charge in [-0.1, -0.05) is 12.1 Å². The third-order valence-corrected chi connectivity index (χ3v) is 5.48. The average molecular weight is 353 g/mol. The van der Waals surface area contributed by atoms with Crippen molar-refractivity contribution in [1.82, 2.24) is 4.31 Å². The Morgan fingerprint density at radius 3 is 2.42 bits per heavy atom. The number of hydrogen-bond acceptors (Lipinski definition) is 4. The van der Waals surface area contributed by atoms with Crippen LogP contribution in [0.3, 0.4) is 0 Å². The molecule has 24 heavy (non-hydrogen) atoms. The number of nitrogens with zero attached hydrogens (tertiary/aromatic N) is 1. The first-order chi connectivity index (χ1) is 11.3. The molecule has 0 unspecified atom stereocenters. The lowest BCUT2D eigenvalue weighted by Crippen LogP contribution is -2.27. The van der Waals surface area contributed by atoms with Crippen molar-refractivity contribution in [3.63, 3.8) is 0 Å². The van der Waals surface area contributed by atoms with E-state index in [1.807, 2.05) is 0 Å². The Morgan fingerprint density at radius 2 is 1.79 bits per heavy atom. The highest BCUT2D eigenvalue weighted by atomic mass is 32.2. The molecule has 0 amide bonds. The Balaban J connectivity index is 2.35. The molecule has 130 valence electrons. The number of ether oxygens (including phenoxy) is 2. The lowest BCUT2D eigenvalue weighted by Gasteiger charge is -2.19. The number of methoxy groups -OCH3 is 2. The van der Waals surface area contributed by atoms with Crippen LogP contribution >= 0.6 is 0 Å². The van der Waals surface area contributed by atoms with Crippen LogP contribution < -0.4 is 9.47 Å². The molecule has 7 heteroatoms. The van der Waals surface area contributed by atoms with Crippen LogP contribution in [0.4, 0.5) is 4.39 Å². The van der Waals surface area contributed by atoms with E-state index in [1.165, 1.54) is 33.4 Å². The summed E-state index contributed by atoms with van der Waals surface area (Å²) < 4.78 is 50.8. The molecule has 0 N–H and O–H groups in total. The van der Waals surface area contributed by atoms with Gasteiger partial charge in [0, 0.05) is 25.2 Å². The fraction of sp³-hybridized carbons (Fsp3) is 0.294. The van der Waals surface area contributed by atoms with Crippen LogP contribution in [-0.4, -0.2) is 34.0 Å². The van der Waals surface area contributed by atoms with Crippen LogP contribution in [0.15, 0.2) is 41.3 Å². The van der Waals surface area contributed by atoms with Gasteiger partial charge in [-0.05, 0) is 30.7 Å². The van der Waals surface area contributed by atoms with Gasteiger partial charge in [0.15, 0.2) is 0 Å². The highest BCUT2D eigenvalue weighted by Crippen LogP contribution is 2.28. The smallest absolute Gasteiger partial charge is 0.246 e. The van der Waals surface area contributed by atoms with E-state index in [0.717, 1.165) is 10.4 Å². The van der Waals surface area contributed by atoms with E-state index >= 15 is 0 Å². The molecule has 0 aliphatic heterocycles. The molecule has 0 heterocycles. The molecule has 0 aromatic heterocycles. The fourth-order valence-corrected chi connectivity index (χ4v) is 3.58. The first-order valence-corrected chi connectivity index (χ1v) is 8.67. The summed E-state index contributed by atoms with van der Waals surface area (Å²) in [6.07, 6.45) is 0. The van der Waals surface area contributed by atoms with Crippen LogP contribution in [0.5, 0.6) is 11.5 Å². The third-order valence-electron chi connectivity index (χ3n) is 3.66. The van der Waals surface area contributed by atoms with Gasteiger partial charge >= 0.3 is 0 Å². The van der Waals surface area contributed by atoms with Gasteiger partial charge in [0.05, 0.1) is 14.2 Å². The SMILES string of the molecule is COc1ccc(CN(C)S(=O)(=O)c2cc(C)ccc2F)c(OC)c1. The predicted octanol–water partition coefficient (Wildman–Crippen LogP) is 2.97. The number of rotatable bonds is 6. The van der Waals surface area contributed by atoms with Crippen molar-refractivity contribution < 1.29 is 22.3 Å². The van der Waals surface area contributed by atoms with Crippen LogP contribution in [0.1, 0.15) is 11.1 Å². The Kier molecular flexibility index (Phi) is 5.46. The molecule has 0 bridgehead atoms. The van der Waals surface area contributed by atoms with E-state index in [-0.39, 0.29) is 11.4 Å². The van der Waals surface area contributed by atoms with Gasteiger partial charge in [-0.15, -0.1) is 0 Å². The van der Waals surface area contributed by atoms with Gasteiger partial charge in [-0.25, -0.2) is 12.8 Å². The lowest BCUT2D eigenvalue weighted by molar-refractivity contribution is 0.384. The molecule has 0 spiro atoms. The first kappa shape index (κ1) is 18.2. The van der Waals surface area contributed by atoms with Gasteiger partial charge in [0.25, 0.3) is 0 Å². The second kappa shape index (κ2) is 7.19. The van der Waals surface area contributed by atoms with E-state index < -0.39 is 15.8 Å². The monoisotopic (exact) mass is 353 g/mol. The van der Waals surface area contributed by atoms with E-state index in [2.05, 4.69) is 0 Å². The minimum Gasteiger partial charge on any atom is -0.497 e. The molecule has 0 radical (unpaired) electrons. The Hall–Kier alpha value is -2.12. The number of hydrogen-bond donors (Lipinski definition) is 0. The topological polar surface area (TPSA) is 55.8 Å². The number of sulfonamides is 1. The van der Waals surface area contributed by atoms with Gasteiger partial charge < -0.3 is 9.47 Å². The molecule has 0 saturated heterocycles. The summed E-state index contributed by atoms with van der Waals surface area (Å²) in [6, 6.07) is 9.11. The largest absolute Gasteiger partial charge is 0.497 e. The zero-order valence-corrected chi connectivity index (χ0v) is 14.9.